The molecule has 110 valence electrons. The van der Waals surface area contributed by atoms with Crippen LogP contribution in [0.3, 0.4) is 0 Å². The Morgan fingerprint density at radius 2 is 1.55 bits per heavy atom. The Morgan fingerprint density at radius 1 is 1.00 bits per heavy atom. The van der Waals surface area contributed by atoms with Crippen LogP contribution in [0.15, 0.2) is 24.3 Å². The van der Waals surface area contributed by atoms with Crippen molar-refractivity contribution in [3.8, 4) is 0 Å². The highest BCUT2D eigenvalue weighted by Gasteiger charge is 2.50. The Labute approximate surface area is 124 Å². The van der Waals surface area contributed by atoms with Crippen LogP contribution in [-0.2, 0) is 21.0 Å². The maximum atomic E-state index is 6.07. The topological polar surface area (TPSA) is 18.5 Å². The first kappa shape index (κ1) is 15.6. The van der Waals surface area contributed by atoms with Crippen molar-refractivity contribution in [3.63, 3.8) is 0 Å². The van der Waals surface area contributed by atoms with Crippen molar-refractivity contribution in [2.75, 3.05) is 0 Å². The summed E-state index contributed by atoms with van der Waals surface area (Å²) in [5.74, 6) is 0. The van der Waals surface area contributed by atoms with Crippen LogP contribution in [0, 0.1) is 0 Å². The molecule has 0 amide bonds. The second kappa shape index (κ2) is 4.89. The molecule has 1 aliphatic rings. The van der Waals surface area contributed by atoms with E-state index in [0.717, 1.165) is 6.32 Å². The Bertz CT molecular complexity index is 470. The van der Waals surface area contributed by atoms with Gasteiger partial charge in [0.2, 0.25) is 0 Å². The lowest BCUT2D eigenvalue weighted by Crippen LogP contribution is -2.41. The van der Waals surface area contributed by atoms with Crippen molar-refractivity contribution in [1.29, 1.82) is 0 Å². The third-order valence-corrected chi connectivity index (χ3v) is 4.50. The standard InChI is InChI=1S/C17H27BO2/c1-15(2,3)14-10-8-9-13(11-14)12-18-19-16(4,5)17(6,7)20-18/h8-11H,12H2,1-7H3. The van der Waals surface area contributed by atoms with Gasteiger partial charge in [-0.1, -0.05) is 45.0 Å². The zero-order chi connectivity index (χ0) is 15.2. The molecule has 1 fully saturated rings. The van der Waals surface area contributed by atoms with Crippen molar-refractivity contribution in [3.05, 3.63) is 35.4 Å². The second-order valence-electron chi connectivity index (χ2n) is 7.84. The molecule has 3 heteroatoms. The summed E-state index contributed by atoms with van der Waals surface area (Å²) in [7, 11) is -0.157. The van der Waals surface area contributed by atoms with Crippen molar-refractivity contribution >= 4 is 7.12 Å². The molecule has 1 heterocycles. The van der Waals surface area contributed by atoms with E-state index in [4.69, 9.17) is 9.31 Å². The lowest BCUT2D eigenvalue weighted by atomic mass is 9.78. The van der Waals surface area contributed by atoms with Crippen LogP contribution in [0.1, 0.15) is 59.6 Å². The molecule has 0 N–H and O–H groups in total. The summed E-state index contributed by atoms with van der Waals surface area (Å²) < 4.78 is 12.1. The first-order valence-corrected chi connectivity index (χ1v) is 7.46. The Hall–Kier alpha value is -0.795. The van der Waals surface area contributed by atoms with Gasteiger partial charge in [-0.2, -0.15) is 0 Å². The average molecular weight is 274 g/mol. The third kappa shape index (κ3) is 3.10. The maximum absolute atomic E-state index is 6.07. The molecule has 0 saturated carbocycles. The zero-order valence-corrected chi connectivity index (χ0v) is 13.9. The van der Waals surface area contributed by atoms with E-state index in [-0.39, 0.29) is 23.7 Å². The molecule has 2 nitrogen and oxygen atoms in total. The molecular weight excluding hydrogens is 247 g/mol. The lowest BCUT2D eigenvalue weighted by molar-refractivity contribution is 0.00578. The number of hydrogen-bond acceptors (Lipinski definition) is 2. The summed E-state index contributed by atoms with van der Waals surface area (Å²) in [5.41, 5.74) is 2.30. The van der Waals surface area contributed by atoms with Gasteiger partial charge in [0.1, 0.15) is 0 Å². The summed E-state index contributed by atoms with van der Waals surface area (Å²) >= 11 is 0. The van der Waals surface area contributed by atoms with E-state index >= 15 is 0 Å². The zero-order valence-electron chi connectivity index (χ0n) is 13.9. The van der Waals surface area contributed by atoms with Crippen molar-refractivity contribution in [2.45, 2.75) is 71.4 Å². The predicted octanol–water partition coefficient (Wildman–Crippen LogP) is 4.16. The molecule has 1 saturated heterocycles. The van der Waals surface area contributed by atoms with Gasteiger partial charge in [-0.25, -0.2) is 0 Å². The van der Waals surface area contributed by atoms with E-state index in [1.807, 2.05) is 0 Å². The summed E-state index contributed by atoms with van der Waals surface area (Å²) in [6, 6.07) is 8.74. The summed E-state index contributed by atoms with van der Waals surface area (Å²) in [5, 5.41) is 0. The molecule has 0 radical (unpaired) electrons. The fraction of sp³-hybridized carbons (Fsp3) is 0.647. The monoisotopic (exact) mass is 274 g/mol. The van der Waals surface area contributed by atoms with E-state index < -0.39 is 0 Å². The van der Waals surface area contributed by atoms with Gasteiger partial charge in [-0.15, -0.1) is 0 Å². The highest BCUT2D eigenvalue weighted by Crippen LogP contribution is 2.37. The van der Waals surface area contributed by atoms with Gasteiger partial charge in [0.05, 0.1) is 11.2 Å². The molecule has 0 aliphatic carbocycles. The molecule has 1 aliphatic heterocycles. The van der Waals surface area contributed by atoms with Gasteiger partial charge in [0, 0.05) is 6.32 Å². The van der Waals surface area contributed by atoms with Gasteiger partial charge < -0.3 is 9.31 Å². The maximum Gasteiger partial charge on any atom is 0.462 e. The Balaban J connectivity index is 2.13. The SMILES string of the molecule is CC(C)(C)c1cccc(CB2OC(C)(C)C(C)(C)O2)c1. The molecule has 0 atom stereocenters. The number of benzene rings is 1. The van der Waals surface area contributed by atoms with E-state index in [1.54, 1.807) is 0 Å². The summed E-state index contributed by atoms with van der Waals surface area (Å²) in [6.45, 7) is 15.1. The Kier molecular flexibility index (Phi) is 3.81. The van der Waals surface area contributed by atoms with E-state index in [1.165, 1.54) is 11.1 Å². The minimum atomic E-state index is -0.251. The molecule has 0 unspecified atom stereocenters. The second-order valence-corrected chi connectivity index (χ2v) is 7.84. The van der Waals surface area contributed by atoms with Crippen LogP contribution in [-0.4, -0.2) is 18.3 Å². The van der Waals surface area contributed by atoms with Crippen LogP contribution >= 0.6 is 0 Å². The number of hydrogen-bond donors (Lipinski definition) is 0. The van der Waals surface area contributed by atoms with Crippen molar-refractivity contribution in [2.24, 2.45) is 0 Å². The fourth-order valence-electron chi connectivity index (χ4n) is 2.41. The Morgan fingerprint density at radius 3 is 2.05 bits per heavy atom. The first-order valence-electron chi connectivity index (χ1n) is 7.46. The van der Waals surface area contributed by atoms with Crippen LogP contribution in [0.5, 0.6) is 0 Å². The van der Waals surface area contributed by atoms with Gasteiger partial charge in [-0.05, 0) is 44.2 Å². The van der Waals surface area contributed by atoms with E-state index in [9.17, 15) is 0 Å². The minimum Gasteiger partial charge on any atom is -0.403 e. The third-order valence-electron chi connectivity index (χ3n) is 4.50. The van der Waals surface area contributed by atoms with Crippen molar-refractivity contribution < 1.29 is 9.31 Å². The molecule has 20 heavy (non-hydrogen) atoms. The van der Waals surface area contributed by atoms with E-state index in [2.05, 4.69) is 72.7 Å². The number of rotatable bonds is 2. The average Bonchev–Trinajstić information content (AvgIpc) is 2.46. The summed E-state index contributed by atoms with van der Waals surface area (Å²) in [6.07, 6.45) is 0.802. The van der Waals surface area contributed by atoms with Gasteiger partial charge in [-0.3, -0.25) is 0 Å². The van der Waals surface area contributed by atoms with Crippen molar-refractivity contribution in [1.82, 2.24) is 0 Å². The molecular formula is C17H27BO2. The van der Waals surface area contributed by atoms with Gasteiger partial charge in [0.25, 0.3) is 0 Å². The fourth-order valence-corrected chi connectivity index (χ4v) is 2.41. The van der Waals surface area contributed by atoms with Crippen LogP contribution in [0.4, 0.5) is 0 Å². The molecule has 0 aromatic heterocycles. The normalized spacial score (nSPS) is 21.2. The summed E-state index contributed by atoms with van der Waals surface area (Å²) in [4.78, 5) is 0. The molecule has 1 aromatic rings. The molecule has 2 rings (SSSR count). The largest absolute Gasteiger partial charge is 0.462 e. The highest BCUT2D eigenvalue weighted by molar-refractivity contribution is 6.45. The minimum absolute atomic E-state index is 0.157. The molecule has 0 spiro atoms. The molecule has 0 bridgehead atoms. The quantitative estimate of drug-likeness (QED) is 0.754. The predicted molar refractivity (Wildman–Crippen MR) is 84.9 cm³/mol. The van der Waals surface area contributed by atoms with Gasteiger partial charge in [0.15, 0.2) is 0 Å². The molecule has 1 aromatic carbocycles. The smallest absolute Gasteiger partial charge is 0.403 e. The lowest BCUT2D eigenvalue weighted by Gasteiger charge is -2.32. The van der Waals surface area contributed by atoms with Crippen LogP contribution in [0.2, 0.25) is 0 Å². The van der Waals surface area contributed by atoms with Gasteiger partial charge >= 0.3 is 7.12 Å². The van der Waals surface area contributed by atoms with E-state index in [0.29, 0.717) is 0 Å². The highest BCUT2D eigenvalue weighted by atomic mass is 16.7. The first-order chi connectivity index (χ1) is 9.01. The van der Waals surface area contributed by atoms with Crippen LogP contribution in [0.25, 0.3) is 0 Å². The van der Waals surface area contributed by atoms with Crippen LogP contribution < -0.4 is 0 Å².